The molecule has 9 nitrogen and oxygen atoms in total. The smallest absolute Gasteiger partial charge is 0.277 e. The van der Waals surface area contributed by atoms with Crippen molar-refractivity contribution in [1.82, 2.24) is 4.90 Å². The zero-order chi connectivity index (χ0) is 20.0. The standard InChI is InChI=1S/C19H21N5O4/c1-19(2,3)22-17(25)13-9-8-10(14(13)18(22)26)16-15(9)20-21-23(16)11-6-4-5-7-12(11)24(27)28/h4-7,9-10,13-16H,8H2,1-3H3/t9-,10+,13-,14+,15-,16-/m1/s1. The molecule has 1 aromatic rings. The minimum Gasteiger partial charge on any atom is -0.277 e. The number of rotatable bonds is 2. The van der Waals surface area contributed by atoms with Gasteiger partial charge in [-0.2, -0.15) is 5.11 Å². The predicted molar refractivity (Wildman–Crippen MR) is 98.2 cm³/mol. The number of nitro groups is 1. The first-order valence-electron chi connectivity index (χ1n) is 9.53. The number of imide groups is 1. The molecule has 2 aliphatic carbocycles. The Morgan fingerprint density at radius 3 is 2.39 bits per heavy atom. The average molecular weight is 383 g/mol. The Balaban J connectivity index is 1.53. The number of anilines is 1. The third-order valence-electron chi connectivity index (χ3n) is 6.65. The van der Waals surface area contributed by atoms with Gasteiger partial charge in [0, 0.05) is 11.6 Å². The maximum absolute atomic E-state index is 13.2. The minimum atomic E-state index is -0.563. The Kier molecular flexibility index (Phi) is 3.31. The fourth-order valence-corrected chi connectivity index (χ4v) is 5.77. The van der Waals surface area contributed by atoms with Crippen LogP contribution in [0.1, 0.15) is 27.2 Å². The van der Waals surface area contributed by atoms with Crippen LogP contribution in [0, 0.1) is 33.8 Å². The third-order valence-corrected chi connectivity index (χ3v) is 6.65. The number of hydrogen-bond acceptors (Lipinski definition) is 7. The van der Waals surface area contributed by atoms with Crippen LogP contribution in [0.15, 0.2) is 34.6 Å². The molecule has 6 atom stereocenters. The van der Waals surface area contributed by atoms with Gasteiger partial charge in [-0.05, 0) is 45.1 Å². The number of hydrogen-bond donors (Lipinski definition) is 0. The average Bonchev–Trinajstić information content (AvgIpc) is 3.34. The summed E-state index contributed by atoms with van der Waals surface area (Å²) >= 11 is 0. The van der Waals surface area contributed by atoms with Crippen LogP contribution >= 0.6 is 0 Å². The van der Waals surface area contributed by atoms with Gasteiger partial charge in [-0.25, -0.2) is 5.01 Å². The van der Waals surface area contributed by atoms with Gasteiger partial charge < -0.3 is 0 Å². The lowest BCUT2D eigenvalue weighted by atomic mass is 9.76. The molecule has 0 unspecified atom stereocenters. The van der Waals surface area contributed by atoms with E-state index in [1.807, 2.05) is 20.8 Å². The number of likely N-dealkylation sites (tertiary alicyclic amines) is 1. The van der Waals surface area contributed by atoms with Crippen molar-refractivity contribution < 1.29 is 14.5 Å². The van der Waals surface area contributed by atoms with E-state index >= 15 is 0 Å². The van der Waals surface area contributed by atoms with Crippen LogP contribution in [0.4, 0.5) is 11.4 Å². The summed E-state index contributed by atoms with van der Waals surface area (Å²) < 4.78 is 0. The summed E-state index contributed by atoms with van der Waals surface area (Å²) in [7, 11) is 0. The van der Waals surface area contributed by atoms with Gasteiger partial charge in [0.1, 0.15) is 5.69 Å². The van der Waals surface area contributed by atoms with E-state index in [1.54, 1.807) is 23.2 Å². The monoisotopic (exact) mass is 383 g/mol. The molecule has 2 amide bonds. The van der Waals surface area contributed by atoms with E-state index in [0.29, 0.717) is 5.69 Å². The Morgan fingerprint density at radius 1 is 1.11 bits per heavy atom. The lowest BCUT2D eigenvalue weighted by Gasteiger charge is -2.33. The van der Waals surface area contributed by atoms with Crippen molar-refractivity contribution in [3.05, 3.63) is 34.4 Å². The van der Waals surface area contributed by atoms with Gasteiger partial charge in [-0.15, -0.1) is 0 Å². The highest BCUT2D eigenvalue weighted by Crippen LogP contribution is 2.61. The van der Waals surface area contributed by atoms with Gasteiger partial charge in [-0.1, -0.05) is 17.4 Å². The number of carbonyl (C=O) groups is 2. The van der Waals surface area contributed by atoms with E-state index in [2.05, 4.69) is 10.3 Å². The number of nitrogens with zero attached hydrogens (tertiary/aromatic N) is 5. The fourth-order valence-electron chi connectivity index (χ4n) is 5.77. The maximum Gasteiger partial charge on any atom is 0.294 e. The van der Waals surface area contributed by atoms with Gasteiger partial charge in [0.2, 0.25) is 11.8 Å². The predicted octanol–water partition coefficient (Wildman–Crippen LogP) is 2.57. The largest absolute Gasteiger partial charge is 0.294 e. The summed E-state index contributed by atoms with van der Waals surface area (Å²) in [6, 6.07) is 6.02. The molecular formula is C19H21N5O4. The molecule has 2 heterocycles. The molecule has 0 aromatic heterocycles. The second-order valence-corrected chi connectivity index (χ2v) is 9.07. The lowest BCUT2D eigenvalue weighted by molar-refractivity contribution is -0.384. The Bertz CT molecular complexity index is 938. The number of carbonyl (C=O) groups excluding carboxylic acids is 2. The van der Waals surface area contributed by atoms with Crippen molar-refractivity contribution in [2.24, 2.45) is 34.0 Å². The summed E-state index contributed by atoms with van der Waals surface area (Å²) in [4.78, 5) is 38.6. The van der Waals surface area contributed by atoms with E-state index in [9.17, 15) is 19.7 Å². The molecule has 2 bridgehead atoms. The highest BCUT2D eigenvalue weighted by atomic mass is 16.6. The summed E-state index contributed by atoms with van der Waals surface area (Å²) in [5, 5.41) is 21.7. The molecule has 4 aliphatic rings. The van der Waals surface area contributed by atoms with Crippen LogP contribution in [0.5, 0.6) is 0 Å². The first kappa shape index (κ1) is 17.3. The summed E-state index contributed by atoms with van der Waals surface area (Å²) in [5.74, 6) is -1.08. The molecule has 2 aliphatic heterocycles. The number of amides is 2. The van der Waals surface area contributed by atoms with Gasteiger partial charge in [0.25, 0.3) is 5.69 Å². The normalized spacial score (nSPS) is 35.7. The van der Waals surface area contributed by atoms with E-state index in [0.717, 1.165) is 6.42 Å². The Labute approximate surface area is 161 Å². The Morgan fingerprint density at radius 2 is 1.75 bits per heavy atom. The second-order valence-electron chi connectivity index (χ2n) is 9.07. The van der Waals surface area contributed by atoms with Crippen molar-refractivity contribution in [3.8, 4) is 0 Å². The summed E-state index contributed by atoms with van der Waals surface area (Å²) in [6.45, 7) is 5.60. The van der Waals surface area contributed by atoms with E-state index in [4.69, 9.17) is 0 Å². The van der Waals surface area contributed by atoms with Gasteiger partial charge in [-0.3, -0.25) is 24.6 Å². The van der Waals surface area contributed by atoms with Crippen molar-refractivity contribution in [2.75, 3.05) is 5.01 Å². The molecule has 146 valence electrons. The molecule has 1 aromatic carbocycles. The van der Waals surface area contributed by atoms with Crippen molar-refractivity contribution in [3.63, 3.8) is 0 Å². The SMILES string of the molecule is CC(C)(C)N1C(=O)[C@@H]2[C@H]3C[C@@H]([C@@H]2C1=O)[C@@H]1[C@@H]3N=NN1c1ccccc1[N+](=O)[O-]. The topological polar surface area (TPSA) is 108 Å². The molecule has 0 N–H and O–H groups in total. The van der Waals surface area contributed by atoms with Gasteiger partial charge in [0.15, 0.2) is 0 Å². The van der Waals surface area contributed by atoms with Crippen molar-refractivity contribution >= 4 is 23.2 Å². The van der Waals surface area contributed by atoms with Crippen LogP contribution in [0.3, 0.4) is 0 Å². The molecule has 0 radical (unpaired) electrons. The van der Waals surface area contributed by atoms with Crippen LogP contribution in [-0.2, 0) is 9.59 Å². The zero-order valence-corrected chi connectivity index (χ0v) is 15.8. The van der Waals surface area contributed by atoms with E-state index < -0.39 is 10.5 Å². The van der Waals surface area contributed by atoms with Crippen LogP contribution in [0.2, 0.25) is 0 Å². The van der Waals surface area contributed by atoms with Crippen LogP contribution in [-0.4, -0.2) is 39.3 Å². The molecule has 5 rings (SSSR count). The molecule has 1 saturated heterocycles. The molecule has 3 fully saturated rings. The number of fused-ring (bicyclic) bond motifs is 8. The van der Waals surface area contributed by atoms with Crippen molar-refractivity contribution in [1.29, 1.82) is 0 Å². The number of para-hydroxylation sites is 2. The second kappa shape index (κ2) is 5.36. The molecule has 9 heteroatoms. The van der Waals surface area contributed by atoms with Crippen LogP contribution < -0.4 is 5.01 Å². The molecule has 28 heavy (non-hydrogen) atoms. The van der Waals surface area contributed by atoms with Gasteiger partial charge >= 0.3 is 0 Å². The van der Waals surface area contributed by atoms with Crippen LogP contribution in [0.25, 0.3) is 0 Å². The zero-order valence-electron chi connectivity index (χ0n) is 15.8. The molecule has 0 spiro atoms. The number of nitro benzene ring substituents is 1. The third kappa shape index (κ3) is 2.01. The minimum absolute atomic E-state index is 0.0356. The highest BCUT2D eigenvalue weighted by molar-refractivity contribution is 6.07. The molecule has 2 saturated carbocycles. The summed E-state index contributed by atoms with van der Waals surface area (Å²) in [5.41, 5.74) is -0.212. The highest BCUT2D eigenvalue weighted by Gasteiger charge is 2.70. The fraction of sp³-hybridized carbons (Fsp3) is 0.579. The quantitative estimate of drug-likeness (QED) is 0.443. The number of benzene rings is 1. The van der Waals surface area contributed by atoms with E-state index in [1.165, 1.54) is 11.0 Å². The van der Waals surface area contributed by atoms with Gasteiger partial charge in [0.05, 0.1) is 28.8 Å². The van der Waals surface area contributed by atoms with Crippen molar-refractivity contribution in [2.45, 2.75) is 44.8 Å². The molecular weight excluding hydrogens is 362 g/mol. The lowest BCUT2D eigenvalue weighted by Crippen LogP contribution is -2.47. The van der Waals surface area contributed by atoms with E-state index in [-0.39, 0.29) is 53.3 Å². The first-order chi connectivity index (χ1) is 13.2. The Hall–Kier alpha value is -2.84. The summed E-state index contributed by atoms with van der Waals surface area (Å²) in [6.07, 6.45) is 0.732. The first-order valence-corrected chi connectivity index (χ1v) is 9.53. The maximum atomic E-state index is 13.2.